The van der Waals surface area contributed by atoms with Gasteiger partial charge in [-0.3, -0.25) is 0 Å². The second-order valence-corrected chi connectivity index (χ2v) is 2.64. The smallest absolute Gasteiger partial charge is 0.0225 e. The van der Waals surface area contributed by atoms with Crippen LogP contribution in [0.4, 0.5) is 0 Å². The minimum Gasteiger partial charge on any atom is -0.0842 e. The molecular formula is C12H16. The van der Waals surface area contributed by atoms with Crippen molar-refractivity contribution in [3.63, 3.8) is 0 Å². The molecule has 0 spiro atoms. The zero-order chi connectivity index (χ0) is 8.81. The zero-order valence-electron chi connectivity index (χ0n) is 7.88. The number of hydrogen-bond donors (Lipinski definition) is 0. The van der Waals surface area contributed by atoms with Crippen LogP contribution < -0.4 is 0 Å². The van der Waals surface area contributed by atoms with Gasteiger partial charge in [-0.1, -0.05) is 50.3 Å². The maximum Gasteiger partial charge on any atom is -0.0225 e. The fraction of sp³-hybridized carbons (Fsp3) is 0.333. The van der Waals surface area contributed by atoms with Crippen LogP contribution in [0.5, 0.6) is 0 Å². The topological polar surface area (TPSA) is 0 Å². The zero-order valence-corrected chi connectivity index (χ0v) is 7.88. The maximum absolute atomic E-state index is 2.22. The van der Waals surface area contributed by atoms with Gasteiger partial charge in [-0.25, -0.2) is 0 Å². The molecule has 0 heteroatoms. The van der Waals surface area contributed by atoms with Gasteiger partial charge < -0.3 is 0 Å². The van der Waals surface area contributed by atoms with Gasteiger partial charge in [0.1, 0.15) is 0 Å². The van der Waals surface area contributed by atoms with Crippen LogP contribution in [0.3, 0.4) is 0 Å². The highest BCUT2D eigenvalue weighted by Crippen LogP contribution is 2.24. The quantitative estimate of drug-likeness (QED) is 0.506. The largest absolute Gasteiger partial charge is 0.0842 e. The highest BCUT2D eigenvalue weighted by Gasteiger charge is 2.05. The van der Waals surface area contributed by atoms with E-state index in [9.17, 15) is 0 Å². The highest BCUT2D eigenvalue weighted by molar-refractivity contribution is 5.50. The Kier molecular flexibility index (Phi) is 3.59. The summed E-state index contributed by atoms with van der Waals surface area (Å²) < 4.78 is 0. The van der Waals surface area contributed by atoms with Crippen LogP contribution in [0, 0.1) is 0 Å². The fourth-order valence-electron chi connectivity index (χ4n) is 1.37. The van der Waals surface area contributed by atoms with Crippen LogP contribution >= 0.6 is 0 Å². The van der Waals surface area contributed by atoms with Gasteiger partial charge in [0.2, 0.25) is 0 Å². The SMILES string of the molecule is C1=CCCC2=CC=CC2=C1.CC. The number of rotatable bonds is 0. The number of allylic oxidation sites excluding steroid dienone is 8. The average molecular weight is 160 g/mol. The van der Waals surface area contributed by atoms with E-state index in [4.69, 9.17) is 0 Å². The minimum atomic E-state index is 1.19. The molecule has 0 amide bonds. The molecule has 0 aromatic heterocycles. The molecule has 64 valence electrons. The first kappa shape index (κ1) is 9.05. The molecule has 0 saturated heterocycles. The summed E-state index contributed by atoms with van der Waals surface area (Å²) >= 11 is 0. The predicted molar refractivity (Wildman–Crippen MR) is 55.0 cm³/mol. The molecule has 0 unspecified atom stereocenters. The molecule has 0 nitrogen and oxygen atoms in total. The molecule has 0 radical (unpaired) electrons. The van der Waals surface area contributed by atoms with Gasteiger partial charge in [0, 0.05) is 0 Å². The second-order valence-electron chi connectivity index (χ2n) is 2.64. The van der Waals surface area contributed by atoms with Crippen molar-refractivity contribution >= 4 is 0 Å². The van der Waals surface area contributed by atoms with Gasteiger partial charge in [-0.15, -0.1) is 0 Å². The molecule has 0 bridgehead atoms. The van der Waals surface area contributed by atoms with Crippen molar-refractivity contribution in [1.82, 2.24) is 0 Å². The Morgan fingerprint density at radius 3 is 2.75 bits per heavy atom. The summed E-state index contributed by atoms with van der Waals surface area (Å²) in [4.78, 5) is 0. The van der Waals surface area contributed by atoms with Crippen molar-refractivity contribution in [2.45, 2.75) is 26.7 Å². The van der Waals surface area contributed by atoms with Crippen molar-refractivity contribution in [3.8, 4) is 0 Å². The Morgan fingerprint density at radius 1 is 1.08 bits per heavy atom. The van der Waals surface area contributed by atoms with Crippen LogP contribution in [-0.2, 0) is 0 Å². The molecule has 2 rings (SSSR count). The van der Waals surface area contributed by atoms with E-state index in [0.717, 1.165) is 0 Å². The van der Waals surface area contributed by atoms with Gasteiger partial charge in [0.05, 0.1) is 0 Å². The van der Waals surface area contributed by atoms with Crippen LogP contribution in [0.2, 0.25) is 0 Å². The number of hydrogen-bond acceptors (Lipinski definition) is 0. The van der Waals surface area contributed by atoms with Crippen LogP contribution in [0.1, 0.15) is 26.7 Å². The molecule has 0 aliphatic heterocycles. The Hall–Kier alpha value is -1.04. The van der Waals surface area contributed by atoms with E-state index in [-0.39, 0.29) is 0 Å². The third-order valence-corrected chi connectivity index (χ3v) is 1.94. The van der Waals surface area contributed by atoms with Gasteiger partial charge in [0.25, 0.3) is 0 Å². The molecule has 0 aromatic carbocycles. The Balaban J connectivity index is 0.000000336. The van der Waals surface area contributed by atoms with Crippen molar-refractivity contribution in [3.05, 3.63) is 47.6 Å². The van der Waals surface area contributed by atoms with E-state index in [0.29, 0.717) is 0 Å². The Bertz CT molecular complexity index is 249. The molecule has 0 heterocycles. The molecule has 12 heavy (non-hydrogen) atoms. The second kappa shape index (κ2) is 4.76. The number of fused-ring (bicyclic) bond motifs is 1. The summed E-state index contributed by atoms with van der Waals surface area (Å²) in [6.07, 6.45) is 15.4. The maximum atomic E-state index is 2.22. The van der Waals surface area contributed by atoms with Crippen molar-refractivity contribution in [1.29, 1.82) is 0 Å². The van der Waals surface area contributed by atoms with E-state index in [1.54, 1.807) is 0 Å². The normalized spacial score (nSPS) is 18.5. The van der Waals surface area contributed by atoms with E-state index < -0.39 is 0 Å². The molecule has 0 atom stereocenters. The van der Waals surface area contributed by atoms with E-state index in [1.807, 2.05) is 13.8 Å². The third-order valence-electron chi connectivity index (χ3n) is 1.94. The first-order valence-corrected chi connectivity index (χ1v) is 4.71. The lowest BCUT2D eigenvalue weighted by molar-refractivity contribution is 1.01. The molecule has 0 saturated carbocycles. The van der Waals surface area contributed by atoms with Crippen LogP contribution in [-0.4, -0.2) is 0 Å². The summed E-state index contributed by atoms with van der Waals surface area (Å²) in [6.45, 7) is 4.00. The first-order chi connectivity index (χ1) is 5.97. The minimum absolute atomic E-state index is 1.19. The van der Waals surface area contributed by atoms with E-state index in [2.05, 4.69) is 36.5 Å². The Morgan fingerprint density at radius 2 is 1.92 bits per heavy atom. The summed E-state index contributed by atoms with van der Waals surface area (Å²) in [7, 11) is 0. The molecule has 0 N–H and O–H groups in total. The van der Waals surface area contributed by atoms with Gasteiger partial charge in [-0.05, 0) is 24.0 Å². The van der Waals surface area contributed by atoms with Gasteiger partial charge >= 0.3 is 0 Å². The predicted octanol–water partition coefficient (Wildman–Crippen LogP) is 3.79. The van der Waals surface area contributed by atoms with Gasteiger partial charge in [0.15, 0.2) is 0 Å². The molecule has 2 aliphatic carbocycles. The van der Waals surface area contributed by atoms with Crippen LogP contribution in [0.25, 0.3) is 0 Å². The van der Waals surface area contributed by atoms with Crippen molar-refractivity contribution < 1.29 is 0 Å². The standard InChI is InChI=1S/C10H10.C2H6/c1-2-5-9-7-4-8-10(9)6-3-1;1-2/h1-2,4-5,7-8H,3,6H2;1-2H3. The van der Waals surface area contributed by atoms with Crippen molar-refractivity contribution in [2.75, 3.05) is 0 Å². The first-order valence-electron chi connectivity index (χ1n) is 4.71. The monoisotopic (exact) mass is 160 g/mol. The third kappa shape index (κ3) is 1.97. The molecule has 0 fully saturated rings. The molecular weight excluding hydrogens is 144 g/mol. The summed E-state index contributed by atoms with van der Waals surface area (Å²) in [5.74, 6) is 0. The van der Waals surface area contributed by atoms with Crippen molar-refractivity contribution in [2.24, 2.45) is 0 Å². The lowest BCUT2D eigenvalue weighted by Crippen LogP contribution is -1.79. The van der Waals surface area contributed by atoms with Crippen LogP contribution in [0.15, 0.2) is 47.6 Å². The summed E-state index contributed by atoms with van der Waals surface area (Å²) in [5.41, 5.74) is 2.89. The van der Waals surface area contributed by atoms with Gasteiger partial charge in [-0.2, -0.15) is 0 Å². The van der Waals surface area contributed by atoms with E-state index >= 15 is 0 Å². The van der Waals surface area contributed by atoms with E-state index in [1.165, 1.54) is 24.0 Å². The molecule has 2 aliphatic rings. The Labute approximate surface area is 75.0 Å². The summed E-state index contributed by atoms with van der Waals surface area (Å²) in [5, 5.41) is 0. The average Bonchev–Trinajstić information content (AvgIpc) is 2.46. The summed E-state index contributed by atoms with van der Waals surface area (Å²) in [6, 6.07) is 0. The lowest BCUT2D eigenvalue weighted by atomic mass is 10.1. The lowest BCUT2D eigenvalue weighted by Gasteiger charge is -1.97. The fourth-order valence-corrected chi connectivity index (χ4v) is 1.37. The highest BCUT2D eigenvalue weighted by atomic mass is 14.1. The molecule has 0 aromatic rings.